The van der Waals surface area contributed by atoms with Crippen molar-refractivity contribution in [3.8, 4) is 5.75 Å². The molecule has 0 aliphatic carbocycles. The fourth-order valence-corrected chi connectivity index (χ4v) is 2.66. The molecule has 94 valence electrons. The van der Waals surface area contributed by atoms with Crippen LogP contribution in [0.15, 0.2) is 12.1 Å². The zero-order chi connectivity index (χ0) is 12.6. The fourth-order valence-electron chi connectivity index (χ4n) is 2.66. The highest BCUT2D eigenvalue weighted by molar-refractivity contribution is 5.37. The molecule has 0 amide bonds. The Morgan fingerprint density at radius 3 is 2.82 bits per heavy atom. The Morgan fingerprint density at radius 2 is 2.24 bits per heavy atom. The molecule has 0 saturated carbocycles. The number of hydrogen-bond acceptors (Lipinski definition) is 3. The van der Waals surface area contributed by atoms with Crippen molar-refractivity contribution in [1.29, 1.82) is 0 Å². The van der Waals surface area contributed by atoms with Crippen molar-refractivity contribution in [1.82, 2.24) is 4.90 Å². The summed E-state index contributed by atoms with van der Waals surface area (Å²) in [5.74, 6) is -0.346. The lowest BCUT2D eigenvalue weighted by molar-refractivity contribution is 0.303. The Balaban J connectivity index is 2.34. The molecule has 0 spiro atoms. The number of likely N-dealkylation sites (tertiary alicyclic amines) is 1. The summed E-state index contributed by atoms with van der Waals surface area (Å²) >= 11 is 0. The maximum atomic E-state index is 13.9. The number of rotatable bonds is 2. The predicted molar refractivity (Wildman–Crippen MR) is 65.3 cm³/mol. The summed E-state index contributed by atoms with van der Waals surface area (Å²) < 4.78 is 13.9. The van der Waals surface area contributed by atoms with E-state index in [-0.39, 0.29) is 11.8 Å². The molecule has 4 heteroatoms. The molecule has 1 aliphatic rings. The smallest absolute Gasteiger partial charge is 0.169 e. The summed E-state index contributed by atoms with van der Waals surface area (Å²) in [4.78, 5) is 2.11. The Hall–Kier alpha value is -1.13. The van der Waals surface area contributed by atoms with E-state index < -0.39 is 5.82 Å². The van der Waals surface area contributed by atoms with E-state index >= 15 is 0 Å². The maximum absolute atomic E-state index is 13.9. The monoisotopic (exact) mass is 238 g/mol. The lowest BCUT2D eigenvalue weighted by Gasteiger charge is -2.21. The quantitative estimate of drug-likeness (QED) is 0.826. The highest BCUT2D eigenvalue weighted by Crippen LogP contribution is 2.37. The Bertz CT molecular complexity index is 422. The highest BCUT2D eigenvalue weighted by atomic mass is 19.1. The van der Waals surface area contributed by atoms with Gasteiger partial charge in [-0.3, -0.25) is 4.90 Å². The lowest BCUT2D eigenvalue weighted by Crippen LogP contribution is -2.21. The molecule has 0 bridgehead atoms. The SMILES string of the molecule is Cc1cc(O)c(F)c(C2CC(CN)CN2C)c1. The van der Waals surface area contributed by atoms with Gasteiger partial charge in [0.25, 0.3) is 0 Å². The van der Waals surface area contributed by atoms with Gasteiger partial charge < -0.3 is 10.8 Å². The van der Waals surface area contributed by atoms with Gasteiger partial charge in [0.2, 0.25) is 0 Å². The number of aromatic hydroxyl groups is 1. The average Bonchev–Trinajstić information content (AvgIpc) is 2.65. The van der Waals surface area contributed by atoms with Gasteiger partial charge in [-0.2, -0.15) is 0 Å². The van der Waals surface area contributed by atoms with E-state index in [1.807, 2.05) is 20.0 Å². The van der Waals surface area contributed by atoms with Crippen LogP contribution in [0, 0.1) is 18.7 Å². The second-order valence-electron chi connectivity index (χ2n) is 4.98. The van der Waals surface area contributed by atoms with Gasteiger partial charge in [0.1, 0.15) is 0 Å². The number of benzene rings is 1. The number of phenolic OH excluding ortho intramolecular Hbond substituents is 1. The van der Waals surface area contributed by atoms with Gasteiger partial charge >= 0.3 is 0 Å². The normalized spacial score (nSPS) is 25.4. The molecule has 17 heavy (non-hydrogen) atoms. The number of phenols is 1. The van der Waals surface area contributed by atoms with E-state index in [1.54, 1.807) is 0 Å². The van der Waals surface area contributed by atoms with E-state index in [0.717, 1.165) is 18.5 Å². The molecular formula is C13H19FN2O. The zero-order valence-electron chi connectivity index (χ0n) is 10.3. The third-order valence-corrected chi connectivity index (χ3v) is 3.55. The van der Waals surface area contributed by atoms with Gasteiger partial charge in [-0.1, -0.05) is 6.07 Å². The molecule has 2 rings (SSSR count). The summed E-state index contributed by atoms with van der Waals surface area (Å²) in [6, 6.07) is 3.29. The summed E-state index contributed by atoms with van der Waals surface area (Å²) in [7, 11) is 1.97. The first kappa shape index (κ1) is 12.3. The summed E-state index contributed by atoms with van der Waals surface area (Å²) in [6.07, 6.45) is 0.854. The van der Waals surface area contributed by atoms with E-state index in [0.29, 0.717) is 18.0 Å². The van der Waals surface area contributed by atoms with Crippen molar-refractivity contribution in [2.75, 3.05) is 20.1 Å². The average molecular weight is 238 g/mol. The molecule has 0 radical (unpaired) electrons. The molecular weight excluding hydrogens is 219 g/mol. The molecule has 1 aromatic carbocycles. The third kappa shape index (κ3) is 2.28. The molecule has 0 aromatic heterocycles. The first-order chi connectivity index (χ1) is 8.02. The first-order valence-corrected chi connectivity index (χ1v) is 5.92. The largest absolute Gasteiger partial charge is 0.505 e. The van der Waals surface area contributed by atoms with Crippen LogP contribution in [-0.4, -0.2) is 30.1 Å². The van der Waals surface area contributed by atoms with Crippen molar-refractivity contribution in [2.45, 2.75) is 19.4 Å². The van der Waals surface area contributed by atoms with E-state index in [1.165, 1.54) is 6.07 Å². The second-order valence-corrected chi connectivity index (χ2v) is 4.98. The number of nitrogens with two attached hydrogens (primary N) is 1. The molecule has 1 fully saturated rings. The van der Waals surface area contributed by atoms with Crippen LogP contribution >= 0.6 is 0 Å². The van der Waals surface area contributed by atoms with Crippen molar-refractivity contribution < 1.29 is 9.50 Å². The number of nitrogens with zero attached hydrogens (tertiary/aromatic N) is 1. The molecule has 3 N–H and O–H groups in total. The highest BCUT2D eigenvalue weighted by Gasteiger charge is 2.32. The predicted octanol–water partition coefficient (Wildman–Crippen LogP) is 1.79. The van der Waals surface area contributed by atoms with Crippen molar-refractivity contribution in [3.63, 3.8) is 0 Å². The van der Waals surface area contributed by atoms with Gasteiger partial charge in [0.15, 0.2) is 11.6 Å². The molecule has 1 saturated heterocycles. The lowest BCUT2D eigenvalue weighted by atomic mass is 9.97. The molecule has 1 aliphatic heterocycles. The van der Waals surface area contributed by atoms with E-state index in [9.17, 15) is 9.50 Å². The van der Waals surface area contributed by atoms with Gasteiger partial charge in [0, 0.05) is 18.2 Å². The van der Waals surface area contributed by atoms with Crippen LogP contribution in [0.1, 0.15) is 23.6 Å². The van der Waals surface area contributed by atoms with Crippen LogP contribution < -0.4 is 5.73 Å². The number of hydrogen-bond donors (Lipinski definition) is 2. The minimum Gasteiger partial charge on any atom is -0.505 e. The second kappa shape index (κ2) is 4.63. The topological polar surface area (TPSA) is 49.5 Å². The van der Waals surface area contributed by atoms with Gasteiger partial charge in [-0.15, -0.1) is 0 Å². The number of halogens is 1. The standard InChI is InChI=1S/C13H19FN2O/c1-8-3-10(13(14)12(17)4-8)11-5-9(6-15)7-16(11)2/h3-4,9,11,17H,5-7,15H2,1-2H3. The van der Waals surface area contributed by atoms with E-state index in [2.05, 4.69) is 4.90 Å². The molecule has 1 aromatic rings. The molecule has 1 heterocycles. The van der Waals surface area contributed by atoms with Crippen molar-refractivity contribution >= 4 is 0 Å². The van der Waals surface area contributed by atoms with Crippen LogP contribution in [0.3, 0.4) is 0 Å². The van der Waals surface area contributed by atoms with Crippen LogP contribution in [0.2, 0.25) is 0 Å². The zero-order valence-corrected chi connectivity index (χ0v) is 10.3. The Kier molecular flexibility index (Phi) is 3.35. The van der Waals surface area contributed by atoms with Gasteiger partial charge in [-0.05, 0) is 44.5 Å². The van der Waals surface area contributed by atoms with Gasteiger partial charge in [0.05, 0.1) is 0 Å². The molecule has 2 unspecified atom stereocenters. The molecule has 2 atom stereocenters. The Labute approximate surface area is 101 Å². The van der Waals surface area contributed by atoms with Crippen molar-refractivity contribution in [2.24, 2.45) is 11.7 Å². The van der Waals surface area contributed by atoms with Crippen LogP contribution in [0.5, 0.6) is 5.75 Å². The Morgan fingerprint density at radius 1 is 1.53 bits per heavy atom. The third-order valence-electron chi connectivity index (χ3n) is 3.55. The maximum Gasteiger partial charge on any atom is 0.169 e. The van der Waals surface area contributed by atoms with Crippen LogP contribution in [0.4, 0.5) is 4.39 Å². The minimum absolute atomic E-state index is 0.0225. The number of aryl methyl sites for hydroxylation is 1. The van der Waals surface area contributed by atoms with E-state index in [4.69, 9.17) is 5.73 Å². The van der Waals surface area contributed by atoms with Crippen molar-refractivity contribution in [3.05, 3.63) is 29.1 Å². The summed E-state index contributed by atoms with van der Waals surface area (Å²) in [5.41, 5.74) is 7.13. The van der Waals surface area contributed by atoms with Crippen LogP contribution in [0.25, 0.3) is 0 Å². The van der Waals surface area contributed by atoms with Gasteiger partial charge in [-0.25, -0.2) is 4.39 Å². The summed E-state index contributed by atoms with van der Waals surface area (Å²) in [6.45, 7) is 3.37. The minimum atomic E-state index is -0.495. The summed E-state index contributed by atoms with van der Waals surface area (Å²) in [5, 5.41) is 9.53. The van der Waals surface area contributed by atoms with Crippen LogP contribution in [-0.2, 0) is 0 Å². The fraction of sp³-hybridized carbons (Fsp3) is 0.538. The first-order valence-electron chi connectivity index (χ1n) is 5.92. The molecule has 3 nitrogen and oxygen atoms in total.